The second-order valence-corrected chi connectivity index (χ2v) is 12.4. The molecule has 0 unspecified atom stereocenters. The first-order valence-corrected chi connectivity index (χ1v) is 16.3. The summed E-state index contributed by atoms with van der Waals surface area (Å²) in [5, 5.41) is 0. The van der Waals surface area contributed by atoms with E-state index in [0.717, 1.165) is 25.7 Å². The van der Waals surface area contributed by atoms with E-state index in [4.69, 9.17) is 9.05 Å². The summed E-state index contributed by atoms with van der Waals surface area (Å²) in [7, 11) is 0. The largest absolute Gasteiger partial charge is 0.396 e. The predicted octanol–water partition coefficient (Wildman–Crippen LogP) is 10.4. The van der Waals surface area contributed by atoms with E-state index in [9.17, 15) is 4.57 Å². The van der Waals surface area contributed by atoms with Crippen molar-refractivity contribution in [3.05, 3.63) is 0 Å². The van der Waals surface area contributed by atoms with Crippen molar-refractivity contribution in [1.29, 1.82) is 0 Å². The molecule has 0 aromatic heterocycles. The van der Waals surface area contributed by atoms with Crippen LogP contribution in [0.3, 0.4) is 0 Å². The molecule has 0 amide bonds. The smallest absolute Gasteiger partial charge is 0.301 e. The van der Waals surface area contributed by atoms with Gasteiger partial charge in [-0.3, -0.25) is 0 Å². The maximum absolute atomic E-state index is 12.2. The van der Waals surface area contributed by atoms with Crippen LogP contribution in [-0.2, 0) is 13.6 Å². The van der Waals surface area contributed by atoms with Gasteiger partial charge in [0, 0.05) is 15.5 Å². The van der Waals surface area contributed by atoms with Crippen LogP contribution in [0.15, 0.2) is 0 Å². The maximum Gasteiger partial charge on any atom is 0.396 e. The number of unbranched alkanes of at least 4 members (excludes halogenated alkanes) is 18. The van der Waals surface area contributed by atoms with Gasteiger partial charge in [-0.1, -0.05) is 129 Å². The van der Waals surface area contributed by atoms with E-state index in [1.165, 1.54) is 103 Å². The Labute approximate surface area is 190 Å². The minimum Gasteiger partial charge on any atom is -0.301 e. The molecule has 0 aromatic carbocycles. The summed E-state index contributed by atoms with van der Waals surface area (Å²) < 4.78 is 23.1. The van der Waals surface area contributed by atoms with Gasteiger partial charge in [-0.2, -0.15) is 0 Å². The van der Waals surface area contributed by atoms with E-state index >= 15 is 0 Å². The molecule has 176 valence electrons. The summed E-state index contributed by atoms with van der Waals surface area (Å²) in [5.41, 5.74) is 0. The third-order valence-electron chi connectivity index (χ3n) is 5.49. The summed E-state index contributed by atoms with van der Waals surface area (Å²) in [4.78, 5) is 0. The standard InChI is InChI=1S/C24H50BrO3P/c1-3-5-7-9-11-13-15-17-19-21-23-27-29(25,26)28-24-22-20-18-16-14-12-10-8-6-4-2/h3-24H2,1-2H3. The first kappa shape index (κ1) is 29.6. The van der Waals surface area contributed by atoms with Crippen LogP contribution in [0.5, 0.6) is 0 Å². The van der Waals surface area contributed by atoms with Gasteiger partial charge in [0.05, 0.1) is 13.2 Å². The van der Waals surface area contributed by atoms with Gasteiger partial charge in [0.1, 0.15) is 0 Å². The molecule has 0 aromatic rings. The topological polar surface area (TPSA) is 35.5 Å². The van der Waals surface area contributed by atoms with Crippen LogP contribution < -0.4 is 0 Å². The van der Waals surface area contributed by atoms with Gasteiger partial charge in [0.25, 0.3) is 0 Å². The Morgan fingerprint density at radius 2 is 0.724 bits per heavy atom. The van der Waals surface area contributed by atoms with Crippen molar-refractivity contribution in [1.82, 2.24) is 0 Å². The normalized spacial score (nSPS) is 12.0. The molecular formula is C24H50BrO3P. The van der Waals surface area contributed by atoms with Gasteiger partial charge < -0.3 is 9.05 Å². The molecular weight excluding hydrogens is 447 g/mol. The van der Waals surface area contributed by atoms with Crippen molar-refractivity contribution in [3.63, 3.8) is 0 Å². The lowest BCUT2D eigenvalue weighted by molar-refractivity contribution is 0.213. The third-order valence-corrected chi connectivity index (χ3v) is 7.70. The number of hydrogen-bond acceptors (Lipinski definition) is 3. The zero-order chi connectivity index (χ0) is 21.5. The van der Waals surface area contributed by atoms with Crippen LogP contribution in [0.4, 0.5) is 0 Å². The van der Waals surface area contributed by atoms with Crippen molar-refractivity contribution in [2.45, 2.75) is 142 Å². The molecule has 0 aliphatic rings. The lowest BCUT2D eigenvalue weighted by atomic mass is 10.1. The third kappa shape index (κ3) is 24.8. The van der Waals surface area contributed by atoms with Crippen molar-refractivity contribution in [2.75, 3.05) is 13.2 Å². The van der Waals surface area contributed by atoms with Crippen LogP contribution in [0.25, 0.3) is 0 Å². The molecule has 0 aliphatic heterocycles. The molecule has 0 N–H and O–H groups in total. The van der Waals surface area contributed by atoms with Crippen LogP contribution in [0.2, 0.25) is 0 Å². The molecule has 0 radical (unpaired) electrons. The second-order valence-electron chi connectivity index (χ2n) is 8.46. The average Bonchev–Trinajstić information content (AvgIpc) is 2.70. The fourth-order valence-electron chi connectivity index (χ4n) is 3.56. The average molecular weight is 498 g/mol. The lowest BCUT2D eigenvalue weighted by Crippen LogP contribution is -1.96. The van der Waals surface area contributed by atoms with E-state index in [1.54, 1.807) is 0 Å². The minimum atomic E-state index is -3.03. The van der Waals surface area contributed by atoms with Gasteiger partial charge >= 0.3 is 6.30 Å². The number of halogens is 1. The van der Waals surface area contributed by atoms with Gasteiger partial charge in [-0.15, -0.1) is 0 Å². The van der Waals surface area contributed by atoms with Crippen LogP contribution in [0.1, 0.15) is 142 Å². The van der Waals surface area contributed by atoms with Crippen molar-refractivity contribution < 1.29 is 13.6 Å². The summed E-state index contributed by atoms with van der Waals surface area (Å²) in [6.07, 6.45) is 22.7. The Kier molecular flexibility index (Phi) is 23.8. The van der Waals surface area contributed by atoms with E-state index < -0.39 is 6.30 Å². The van der Waals surface area contributed by atoms with Crippen molar-refractivity contribution in [2.24, 2.45) is 0 Å². The predicted molar refractivity (Wildman–Crippen MR) is 132 cm³/mol. The molecule has 0 heterocycles. The Morgan fingerprint density at radius 1 is 0.483 bits per heavy atom. The zero-order valence-corrected chi connectivity index (χ0v) is 22.1. The fourth-order valence-corrected chi connectivity index (χ4v) is 5.20. The lowest BCUT2D eigenvalue weighted by Gasteiger charge is -2.12. The molecule has 0 bridgehead atoms. The minimum absolute atomic E-state index is 0.525. The van der Waals surface area contributed by atoms with Crippen molar-refractivity contribution in [3.8, 4) is 0 Å². The Hall–Kier alpha value is 0.630. The van der Waals surface area contributed by atoms with Crippen LogP contribution >= 0.6 is 21.8 Å². The summed E-state index contributed by atoms with van der Waals surface area (Å²) in [6, 6.07) is 0. The highest BCUT2D eigenvalue weighted by atomic mass is 79.9. The molecule has 0 saturated carbocycles. The van der Waals surface area contributed by atoms with E-state index in [1.807, 2.05) is 0 Å². The highest BCUT2D eigenvalue weighted by molar-refractivity contribution is 9.39. The summed E-state index contributed by atoms with van der Waals surface area (Å²) in [5.74, 6) is 0. The molecule has 0 aliphatic carbocycles. The Bertz CT molecular complexity index is 336. The molecule has 0 spiro atoms. The first-order chi connectivity index (χ1) is 14.1. The first-order valence-electron chi connectivity index (χ1n) is 12.7. The molecule has 0 atom stereocenters. The Morgan fingerprint density at radius 3 is 1.00 bits per heavy atom. The monoisotopic (exact) mass is 496 g/mol. The van der Waals surface area contributed by atoms with E-state index in [-0.39, 0.29) is 0 Å². The zero-order valence-electron chi connectivity index (χ0n) is 19.6. The van der Waals surface area contributed by atoms with Gasteiger partial charge in [-0.25, -0.2) is 4.57 Å². The molecule has 0 saturated heterocycles. The highest BCUT2D eigenvalue weighted by Gasteiger charge is 2.19. The highest BCUT2D eigenvalue weighted by Crippen LogP contribution is 2.56. The van der Waals surface area contributed by atoms with E-state index in [0.29, 0.717) is 13.2 Å². The SMILES string of the molecule is CCCCCCCCCCCCOP(=O)(Br)OCCCCCCCCCCCC. The maximum atomic E-state index is 12.2. The number of hydrogen-bond donors (Lipinski definition) is 0. The molecule has 0 rings (SSSR count). The second kappa shape index (κ2) is 23.3. The van der Waals surface area contributed by atoms with Gasteiger partial charge in [-0.05, 0) is 12.8 Å². The molecule has 3 nitrogen and oxygen atoms in total. The van der Waals surface area contributed by atoms with Crippen LogP contribution in [0, 0.1) is 0 Å². The van der Waals surface area contributed by atoms with Gasteiger partial charge in [0.2, 0.25) is 0 Å². The molecule has 0 fully saturated rings. The van der Waals surface area contributed by atoms with E-state index in [2.05, 4.69) is 29.3 Å². The Balaban J connectivity index is 3.31. The summed E-state index contributed by atoms with van der Waals surface area (Å²) in [6.45, 7) is 5.57. The van der Waals surface area contributed by atoms with Gasteiger partial charge in [0.15, 0.2) is 0 Å². The van der Waals surface area contributed by atoms with Crippen LogP contribution in [-0.4, -0.2) is 13.2 Å². The van der Waals surface area contributed by atoms with Crippen molar-refractivity contribution >= 4 is 21.8 Å². The fraction of sp³-hybridized carbons (Fsp3) is 1.00. The summed E-state index contributed by atoms with van der Waals surface area (Å²) >= 11 is 3.14. The molecule has 29 heavy (non-hydrogen) atoms. The quantitative estimate of drug-likeness (QED) is 0.0983. The molecule has 5 heteroatoms. The number of rotatable bonds is 24.